The topological polar surface area (TPSA) is 69.6 Å². The fraction of sp³-hybridized carbons (Fsp3) is 0.417. The molecule has 7 heteroatoms. The zero-order valence-electron chi connectivity index (χ0n) is 10.1. The van der Waals surface area contributed by atoms with Crippen molar-refractivity contribution in [2.24, 2.45) is 0 Å². The summed E-state index contributed by atoms with van der Waals surface area (Å²) in [6, 6.07) is 3.61. The molecule has 0 heterocycles. The second kappa shape index (κ2) is 5.92. The number of aliphatic hydroxyl groups is 1. The molecule has 2 atom stereocenters. The van der Waals surface area contributed by atoms with Crippen LogP contribution >= 0.6 is 0 Å². The van der Waals surface area contributed by atoms with Gasteiger partial charge in [-0.3, -0.25) is 0 Å². The third-order valence-electron chi connectivity index (χ3n) is 2.63. The summed E-state index contributed by atoms with van der Waals surface area (Å²) in [4.78, 5) is 10.5. The molecule has 1 amide bonds. The maximum absolute atomic E-state index is 12.4. The highest BCUT2D eigenvalue weighted by Crippen LogP contribution is 2.29. The van der Waals surface area contributed by atoms with Gasteiger partial charge in [0.15, 0.2) is 0 Å². The lowest BCUT2D eigenvalue weighted by Gasteiger charge is -2.20. The zero-order valence-corrected chi connectivity index (χ0v) is 10.1. The summed E-state index contributed by atoms with van der Waals surface area (Å²) < 4.78 is 37.1. The van der Waals surface area contributed by atoms with Crippen molar-refractivity contribution in [1.82, 2.24) is 5.32 Å². The van der Waals surface area contributed by atoms with Crippen LogP contribution in [-0.4, -0.2) is 28.5 Å². The SMILES string of the molecule is C[C@@H](O)C(Cc1ccc(C(F)(F)F)cc1)NC(=O)O. The molecule has 0 spiro atoms. The van der Waals surface area contributed by atoms with Gasteiger partial charge in [0.1, 0.15) is 0 Å². The second-order valence-electron chi connectivity index (χ2n) is 4.20. The first-order chi connectivity index (χ1) is 8.70. The van der Waals surface area contributed by atoms with Gasteiger partial charge in [-0.2, -0.15) is 13.2 Å². The molecular weight excluding hydrogens is 263 g/mol. The fourth-order valence-electron chi connectivity index (χ4n) is 1.58. The molecule has 0 bridgehead atoms. The number of hydrogen-bond donors (Lipinski definition) is 3. The highest BCUT2D eigenvalue weighted by molar-refractivity contribution is 5.65. The van der Waals surface area contributed by atoms with Gasteiger partial charge in [0.2, 0.25) is 0 Å². The van der Waals surface area contributed by atoms with E-state index in [2.05, 4.69) is 5.32 Å². The first-order valence-corrected chi connectivity index (χ1v) is 5.54. The highest BCUT2D eigenvalue weighted by atomic mass is 19.4. The molecule has 0 saturated carbocycles. The van der Waals surface area contributed by atoms with Gasteiger partial charge in [0, 0.05) is 0 Å². The fourth-order valence-corrected chi connectivity index (χ4v) is 1.58. The zero-order chi connectivity index (χ0) is 14.6. The van der Waals surface area contributed by atoms with E-state index in [4.69, 9.17) is 5.11 Å². The Morgan fingerprint density at radius 3 is 2.21 bits per heavy atom. The normalized spacial score (nSPS) is 14.8. The standard InChI is InChI=1S/C12H14F3NO3/c1-7(17)10(16-11(18)19)6-8-2-4-9(5-3-8)12(13,14)15/h2-5,7,10,16-17H,6H2,1H3,(H,18,19)/t7-,10?/m1/s1. The van der Waals surface area contributed by atoms with Crippen LogP contribution in [0.15, 0.2) is 24.3 Å². The summed E-state index contributed by atoms with van der Waals surface area (Å²) in [7, 11) is 0. The molecule has 1 aromatic carbocycles. The van der Waals surface area contributed by atoms with Gasteiger partial charge in [-0.15, -0.1) is 0 Å². The number of carbonyl (C=O) groups is 1. The summed E-state index contributed by atoms with van der Waals surface area (Å²) >= 11 is 0. The first kappa shape index (κ1) is 15.3. The van der Waals surface area contributed by atoms with Crippen LogP contribution in [0.1, 0.15) is 18.1 Å². The predicted octanol–water partition coefficient (Wildman–Crippen LogP) is 2.26. The largest absolute Gasteiger partial charge is 0.465 e. The molecule has 1 rings (SSSR count). The number of benzene rings is 1. The Hall–Kier alpha value is -1.76. The smallest absolute Gasteiger partial charge is 0.416 e. The van der Waals surface area contributed by atoms with Gasteiger partial charge >= 0.3 is 12.3 Å². The molecule has 0 aromatic heterocycles. The molecule has 0 aliphatic heterocycles. The van der Waals surface area contributed by atoms with Crippen molar-refractivity contribution >= 4 is 6.09 Å². The summed E-state index contributed by atoms with van der Waals surface area (Å²) in [5, 5.41) is 20.1. The average Bonchev–Trinajstić information content (AvgIpc) is 2.27. The molecule has 0 saturated heterocycles. The van der Waals surface area contributed by atoms with Crippen molar-refractivity contribution in [3.05, 3.63) is 35.4 Å². The van der Waals surface area contributed by atoms with E-state index in [0.29, 0.717) is 5.56 Å². The third-order valence-corrected chi connectivity index (χ3v) is 2.63. The highest BCUT2D eigenvalue weighted by Gasteiger charge is 2.30. The lowest BCUT2D eigenvalue weighted by Crippen LogP contribution is -2.42. The molecule has 4 nitrogen and oxygen atoms in total. The summed E-state index contributed by atoms with van der Waals surface area (Å²) in [5.74, 6) is 0. The van der Waals surface area contributed by atoms with Crippen molar-refractivity contribution in [3.8, 4) is 0 Å². The molecule has 0 radical (unpaired) electrons. The molecule has 0 aliphatic carbocycles. The summed E-state index contributed by atoms with van der Waals surface area (Å²) in [5.41, 5.74) is -0.260. The van der Waals surface area contributed by atoms with Crippen LogP contribution in [0.5, 0.6) is 0 Å². The molecule has 106 valence electrons. The number of amides is 1. The quantitative estimate of drug-likeness (QED) is 0.790. The van der Waals surface area contributed by atoms with Gasteiger partial charge < -0.3 is 15.5 Å². The van der Waals surface area contributed by atoms with Gasteiger partial charge in [-0.25, -0.2) is 4.79 Å². The monoisotopic (exact) mass is 277 g/mol. The molecular formula is C12H14F3NO3. The molecule has 1 unspecified atom stereocenters. The Balaban J connectivity index is 2.78. The third kappa shape index (κ3) is 4.78. The van der Waals surface area contributed by atoms with Crippen molar-refractivity contribution in [2.45, 2.75) is 31.7 Å². The minimum absolute atomic E-state index is 0.113. The van der Waals surface area contributed by atoms with E-state index < -0.39 is 30.0 Å². The van der Waals surface area contributed by atoms with Crippen LogP contribution in [0.4, 0.5) is 18.0 Å². The number of aliphatic hydroxyl groups excluding tert-OH is 1. The second-order valence-corrected chi connectivity index (χ2v) is 4.20. The number of halogens is 3. The van der Waals surface area contributed by atoms with Crippen LogP contribution in [0.25, 0.3) is 0 Å². The Bertz CT molecular complexity index is 429. The molecule has 0 aliphatic rings. The Labute approximate surface area is 107 Å². The van der Waals surface area contributed by atoms with E-state index in [0.717, 1.165) is 12.1 Å². The van der Waals surface area contributed by atoms with Crippen molar-refractivity contribution in [2.75, 3.05) is 0 Å². The van der Waals surface area contributed by atoms with Crippen molar-refractivity contribution in [3.63, 3.8) is 0 Å². The predicted molar refractivity (Wildman–Crippen MR) is 61.8 cm³/mol. The Kier molecular flexibility index (Phi) is 4.77. The number of carboxylic acid groups (broad SMARTS) is 1. The van der Waals surface area contributed by atoms with Gasteiger partial charge in [0.25, 0.3) is 0 Å². The minimum atomic E-state index is -4.40. The van der Waals surface area contributed by atoms with Gasteiger partial charge in [-0.1, -0.05) is 12.1 Å². The lowest BCUT2D eigenvalue weighted by molar-refractivity contribution is -0.137. The molecule has 19 heavy (non-hydrogen) atoms. The Morgan fingerprint density at radius 2 is 1.84 bits per heavy atom. The Morgan fingerprint density at radius 1 is 1.32 bits per heavy atom. The van der Waals surface area contributed by atoms with E-state index in [1.165, 1.54) is 19.1 Å². The van der Waals surface area contributed by atoms with E-state index in [1.54, 1.807) is 0 Å². The molecule has 0 fully saturated rings. The van der Waals surface area contributed by atoms with E-state index >= 15 is 0 Å². The first-order valence-electron chi connectivity index (χ1n) is 5.54. The number of alkyl halides is 3. The van der Waals surface area contributed by atoms with Crippen LogP contribution in [-0.2, 0) is 12.6 Å². The molecule has 3 N–H and O–H groups in total. The van der Waals surface area contributed by atoms with Crippen LogP contribution in [0.3, 0.4) is 0 Å². The van der Waals surface area contributed by atoms with E-state index in [-0.39, 0.29) is 6.42 Å². The van der Waals surface area contributed by atoms with E-state index in [9.17, 15) is 23.1 Å². The number of rotatable bonds is 4. The maximum Gasteiger partial charge on any atom is 0.416 e. The minimum Gasteiger partial charge on any atom is -0.465 e. The van der Waals surface area contributed by atoms with Crippen LogP contribution in [0.2, 0.25) is 0 Å². The molecule has 1 aromatic rings. The lowest BCUT2D eigenvalue weighted by atomic mass is 10.0. The van der Waals surface area contributed by atoms with Crippen LogP contribution in [0, 0.1) is 0 Å². The van der Waals surface area contributed by atoms with Crippen molar-refractivity contribution in [1.29, 1.82) is 0 Å². The van der Waals surface area contributed by atoms with Crippen LogP contribution < -0.4 is 5.32 Å². The van der Waals surface area contributed by atoms with Gasteiger partial charge in [-0.05, 0) is 31.0 Å². The average molecular weight is 277 g/mol. The number of hydrogen-bond acceptors (Lipinski definition) is 2. The summed E-state index contributed by atoms with van der Waals surface area (Å²) in [6.45, 7) is 1.41. The van der Waals surface area contributed by atoms with Crippen molar-refractivity contribution < 1.29 is 28.2 Å². The maximum atomic E-state index is 12.4. The summed E-state index contributed by atoms with van der Waals surface area (Å²) in [6.07, 6.45) is -6.53. The van der Waals surface area contributed by atoms with E-state index in [1.807, 2.05) is 0 Å². The van der Waals surface area contributed by atoms with Gasteiger partial charge in [0.05, 0.1) is 17.7 Å². The number of nitrogens with one attached hydrogen (secondary N) is 1.